The van der Waals surface area contributed by atoms with Crippen LogP contribution in [0.25, 0.3) is 0 Å². The van der Waals surface area contributed by atoms with Crippen molar-refractivity contribution in [2.45, 2.75) is 63.1 Å². The average Bonchev–Trinajstić information content (AvgIpc) is 2.69. The summed E-state index contributed by atoms with van der Waals surface area (Å²) in [6.07, 6.45) is 6.83. The van der Waals surface area contributed by atoms with Crippen molar-refractivity contribution in [1.29, 1.82) is 0 Å². The van der Waals surface area contributed by atoms with Gasteiger partial charge >= 0.3 is 0 Å². The third-order valence-corrected chi connectivity index (χ3v) is 3.83. The van der Waals surface area contributed by atoms with E-state index in [-0.39, 0.29) is 18.0 Å². The van der Waals surface area contributed by atoms with Gasteiger partial charge in [-0.15, -0.1) is 0 Å². The molecule has 0 aromatic heterocycles. The van der Waals surface area contributed by atoms with E-state index in [0.29, 0.717) is 0 Å². The standard InChI is InChI=1S/C12H18O3/c1-8-7-9(13)11-10(8)14-12(15-11)5-3-2-4-6-12/h7,9-11,13H,2-6H2,1H3/t9-,10+,11-/m0/s1. The lowest BCUT2D eigenvalue weighted by atomic mass is 9.94. The minimum atomic E-state index is -0.476. The van der Waals surface area contributed by atoms with Gasteiger partial charge in [0.25, 0.3) is 0 Å². The van der Waals surface area contributed by atoms with E-state index in [1.54, 1.807) is 0 Å². The minimum Gasteiger partial charge on any atom is -0.386 e. The Hall–Kier alpha value is -0.380. The third-order valence-electron chi connectivity index (χ3n) is 3.83. The van der Waals surface area contributed by atoms with Crippen LogP contribution in [0.4, 0.5) is 0 Å². The summed E-state index contributed by atoms with van der Waals surface area (Å²) in [4.78, 5) is 0. The van der Waals surface area contributed by atoms with Crippen LogP contribution in [0.3, 0.4) is 0 Å². The highest BCUT2D eigenvalue weighted by Gasteiger charge is 2.52. The van der Waals surface area contributed by atoms with Crippen molar-refractivity contribution < 1.29 is 14.6 Å². The van der Waals surface area contributed by atoms with Crippen LogP contribution in [0.1, 0.15) is 39.0 Å². The summed E-state index contributed by atoms with van der Waals surface area (Å²) in [5.74, 6) is -0.371. The van der Waals surface area contributed by atoms with Crippen LogP contribution in [-0.2, 0) is 9.47 Å². The molecule has 0 aromatic rings. The summed E-state index contributed by atoms with van der Waals surface area (Å²) >= 11 is 0. The van der Waals surface area contributed by atoms with E-state index in [0.717, 1.165) is 18.4 Å². The second-order valence-electron chi connectivity index (χ2n) is 4.99. The Morgan fingerprint density at radius 1 is 1.27 bits per heavy atom. The maximum absolute atomic E-state index is 9.80. The maximum Gasteiger partial charge on any atom is 0.169 e. The van der Waals surface area contributed by atoms with Gasteiger partial charge in [-0.25, -0.2) is 0 Å². The molecule has 0 unspecified atom stereocenters. The normalized spacial score (nSPS) is 43.1. The second-order valence-corrected chi connectivity index (χ2v) is 4.99. The molecule has 3 nitrogen and oxygen atoms in total. The van der Waals surface area contributed by atoms with Crippen molar-refractivity contribution >= 4 is 0 Å². The molecule has 0 bridgehead atoms. The molecule has 0 amide bonds. The summed E-state index contributed by atoms with van der Waals surface area (Å²) in [6, 6.07) is 0. The monoisotopic (exact) mass is 210 g/mol. The predicted molar refractivity (Wildman–Crippen MR) is 55.3 cm³/mol. The molecule has 3 rings (SSSR count). The van der Waals surface area contributed by atoms with Gasteiger partial charge in [-0.05, 0) is 25.3 Å². The smallest absolute Gasteiger partial charge is 0.169 e. The van der Waals surface area contributed by atoms with E-state index in [1.165, 1.54) is 19.3 Å². The number of rotatable bonds is 0. The van der Waals surface area contributed by atoms with E-state index < -0.39 is 6.10 Å². The number of aliphatic hydroxyl groups excluding tert-OH is 1. The van der Waals surface area contributed by atoms with E-state index in [2.05, 4.69) is 0 Å². The molecule has 1 saturated carbocycles. The first-order chi connectivity index (χ1) is 7.20. The minimum absolute atomic E-state index is 0.00176. The van der Waals surface area contributed by atoms with Crippen molar-refractivity contribution in [3.63, 3.8) is 0 Å². The number of hydrogen-bond donors (Lipinski definition) is 1. The summed E-state index contributed by atoms with van der Waals surface area (Å²) in [5, 5.41) is 9.80. The molecule has 2 aliphatic carbocycles. The van der Waals surface area contributed by atoms with Crippen molar-refractivity contribution in [2.75, 3.05) is 0 Å². The Bertz CT molecular complexity index is 291. The van der Waals surface area contributed by atoms with Crippen LogP contribution in [0, 0.1) is 0 Å². The summed E-state index contributed by atoms with van der Waals surface area (Å²) in [6.45, 7) is 2.01. The highest BCUT2D eigenvalue weighted by atomic mass is 16.8. The number of aliphatic hydroxyl groups is 1. The first-order valence-corrected chi connectivity index (χ1v) is 5.92. The van der Waals surface area contributed by atoms with E-state index >= 15 is 0 Å². The highest BCUT2D eigenvalue weighted by molar-refractivity contribution is 5.22. The van der Waals surface area contributed by atoms with Crippen LogP contribution in [0.15, 0.2) is 11.6 Å². The Kier molecular flexibility index (Phi) is 2.16. The lowest BCUT2D eigenvalue weighted by molar-refractivity contribution is -0.198. The summed E-state index contributed by atoms with van der Waals surface area (Å²) in [7, 11) is 0. The Morgan fingerprint density at radius 2 is 2.00 bits per heavy atom. The van der Waals surface area contributed by atoms with Gasteiger partial charge in [0.2, 0.25) is 0 Å². The number of ether oxygens (including phenoxy) is 2. The van der Waals surface area contributed by atoms with Gasteiger partial charge in [-0.1, -0.05) is 12.5 Å². The Morgan fingerprint density at radius 3 is 2.67 bits per heavy atom. The van der Waals surface area contributed by atoms with Crippen molar-refractivity contribution in [3.05, 3.63) is 11.6 Å². The largest absolute Gasteiger partial charge is 0.386 e. The highest BCUT2D eigenvalue weighted by Crippen LogP contribution is 2.45. The topological polar surface area (TPSA) is 38.7 Å². The van der Waals surface area contributed by atoms with Gasteiger partial charge in [-0.2, -0.15) is 0 Å². The molecule has 15 heavy (non-hydrogen) atoms. The lowest BCUT2D eigenvalue weighted by Crippen LogP contribution is -2.35. The zero-order valence-electron chi connectivity index (χ0n) is 9.11. The summed E-state index contributed by atoms with van der Waals surface area (Å²) < 4.78 is 12.0. The molecule has 0 radical (unpaired) electrons. The fourth-order valence-corrected chi connectivity index (χ4v) is 3.02. The molecular weight excluding hydrogens is 192 g/mol. The van der Waals surface area contributed by atoms with Crippen molar-refractivity contribution in [3.8, 4) is 0 Å². The fraction of sp³-hybridized carbons (Fsp3) is 0.833. The summed E-state index contributed by atoms with van der Waals surface area (Å²) in [5.41, 5.74) is 1.12. The van der Waals surface area contributed by atoms with E-state index in [4.69, 9.17) is 9.47 Å². The van der Waals surface area contributed by atoms with Gasteiger partial charge in [0.15, 0.2) is 5.79 Å². The fourth-order valence-electron chi connectivity index (χ4n) is 3.02. The van der Waals surface area contributed by atoms with Crippen LogP contribution in [0.5, 0.6) is 0 Å². The molecular formula is C12H18O3. The van der Waals surface area contributed by atoms with Gasteiger partial charge < -0.3 is 14.6 Å². The SMILES string of the molecule is CC1=C[C@H](O)[C@@H]2OC3(CCCCC3)O[C@H]12. The van der Waals surface area contributed by atoms with Crippen LogP contribution in [-0.4, -0.2) is 29.2 Å². The zero-order chi connectivity index (χ0) is 10.5. The first kappa shape index (κ1) is 9.82. The van der Waals surface area contributed by atoms with E-state index in [9.17, 15) is 5.11 Å². The van der Waals surface area contributed by atoms with Gasteiger partial charge in [0.05, 0.1) is 0 Å². The van der Waals surface area contributed by atoms with Crippen molar-refractivity contribution in [1.82, 2.24) is 0 Å². The van der Waals surface area contributed by atoms with Gasteiger partial charge in [0, 0.05) is 12.8 Å². The van der Waals surface area contributed by atoms with Crippen LogP contribution < -0.4 is 0 Å². The van der Waals surface area contributed by atoms with Gasteiger partial charge in [0.1, 0.15) is 18.3 Å². The molecule has 1 N–H and O–H groups in total. The molecule has 3 heteroatoms. The van der Waals surface area contributed by atoms with Crippen molar-refractivity contribution in [2.24, 2.45) is 0 Å². The number of fused-ring (bicyclic) bond motifs is 1. The Balaban J connectivity index is 1.80. The predicted octanol–water partition coefficient (Wildman–Crippen LogP) is 1.75. The molecule has 2 fully saturated rings. The molecule has 0 aromatic carbocycles. The average molecular weight is 210 g/mol. The quantitative estimate of drug-likeness (QED) is 0.619. The first-order valence-electron chi connectivity index (χ1n) is 5.92. The molecule has 1 heterocycles. The molecule has 3 atom stereocenters. The Labute approximate surface area is 90.1 Å². The van der Waals surface area contributed by atoms with Crippen LogP contribution >= 0.6 is 0 Å². The maximum atomic E-state index is 9.80. The number of hydrogen-bond acceptors (Lipinski definition) is 3. The molecule has 84 valence electrons. The zero-order valence-corrected chi connectivity index (χ0v) is 9.11. The molecule has 1 spiro atoms. The molecule has 1 aliphatic heterocycles. The van der Waals surface area contributed by atoms with Gasteiger partial charge in [-0.3, -0.25) is 0 Å². The second kappa shape index (κ2) is 3.30. The molecule has 3 aliphatic rings. The lowest BCUT2D eigenvalue weighted by Gasteiger charge is -2.32. The van der Waals surface area contributed by atoms with Crippen LogP contribution in [0.2, 0.25) is 0 Å². The molecule has 1 saturated heterocycles. The van der Waals surface area contributed by atoms with E-state index in [1.807, 2.05) is 13.0 Å². The third kappa shape index (κ3) is 1.45.